The molecule has 0 aliphatic rings. The molecule has 2 aromatic rings. The van der Waals surface area contributed by atoms with Gasteiger partial charge in [-0.15, -0.1) is 0 Å². The average molecular weight is 268 g/mol. The number of aryl methyl sites for hydroxylation is 1. The molecule has 0 bridgehead atoms. The Kier molecular flexibility index (Phi) is 4.94. The van der Waals surface area contributed by atoms with Crippen LogP contribution in [-0.4, -0.2) is 12.9 Å². The summed E-state index contributed by atoms with van der Waals surface area (Å²) in [5.41, 5.74) is 3.42. The van der Waals surface area contributed by atoms with E-state index in [1.54, 1.807) is 0 Å². The van der Waals surface area contributed by atoms with Crippen molar-refractivity contribution in [3.63, 3.8) is 0 Å². The molecule has 0 heterocycles. The molecule has 0 amide bonds. The van der Waals surface area contributed by atoms with Crippen molar-refractivity contribution in [2.45, 2.75) is 26.2 Å². The van der Waals surface area contributed by atoms with E-state index in [1.807, 2.05) is 62.4 Å². The normalized spacial score (nSPS) is 11.9. The van der Waals surface area contributed by atoms with Gasteiger partial charge in [-0.05, 0) is 49.1 Å². The molecule has 0 fully saturated rings. The molecular formula is C18H20O2. The fourth-order valence-electron chi connectivity index (χ4n) is 2.38. The van der Waals surface area contributed by atoms with Gasteiger partial charge in [0.2, 0.25) is 0 Å². The Balaban J connectivity index is 2.14. The lowest BCUT2D eigenvalue weighted by Crippen LogP contribution is -2.06. The summed E-state index contributed by atoms with van der Waals surface area (Å²) < 4.78 is 5.43. The molecule has 104 valence electrons. The topological polar surface area (TPSA) is 26.3 Å². The maximum atomic E-state index is 11.4. The summed E-state index contributed by atoms with van der Waals surface area (Å²) >= 11 is 0. The van der Waals surface area contributed by atoms with Crippen LogP contribution < -0.4 is 4.74 Å². The van der Waals surface area contributed by atoms with E-state index >= 15 is 0 Å². The predicted molar refractivity (Wildman–Crippen MR) is 81.3 cm³/mol. The number of hydrogen-bond donors (Lipinski definition) is 0. The Morgan fingerprint density at radius 3 is 2.40 bits per heavy atom. The first-order valence-electron chi connectivity index (χ1n) is 6.97. The van der Waals surface area contributed by atoms with E-state index in [0.717, 1.165) is 35.1 Å². The Labute approximate surface area is 120 Å². The van der Waals surface area contributed by atoms with Gasteiger partial charge in [-0.2, -0.15) is 0 Å². The minimum absolute atomic E-state index is 0.0888. The average Bonchev–Trinajstić information content (AvgIpc) is 2.48. The van der Waals surface area contributed by atoms with Crippen molar-refractivity contribution < 1.29 is 9.53 Å². The lowest BCUT2D eigenvalue weighted by atomic mass is 9.90. The lowest BCUT2D eigenvalue weighted by Gasteiger charge is -2.14. The SMILES string of the molecule is CCOc1ccc(CC(C=O)c2ccccc2C)cc1. The van der Waals surface area contributed by atoms with Crippen LogP contribution in [0, 0.1) is 6.92 Å². The van der Waals surface area contributed by atoms with Crippen molar-refractivity contribution in [3.8, 4) is 5.75 Å². The zero-order valence-electron chi connectivity index (χ0n) is 12.0. The van der Waals surface area contributed by atoms with Gasteiger partial charge in [0.15, 0.2) is 0 Å². The lowest BCUT2D eigenvalue weighted by molar-refractivity contribution is -0.109. The van der Waals surface area contributed by atoms with Crippen LogP contribution >= 0.6 is 0 Å². The minimum Gasteiger partial charge on any atom is -0.494 e. The van der Waals surface area contributed by atoms with Crippen molar-refractivity contribution in [2.75, 3.05) is 6.61 Å². The molecule has 2 nitrogen and oxygen atoms in total. The van der Waals surface area contributed by atoms with Crippen LogP contribution in [0.15, 0.2) is 48.5 Å². The van der Waals surface area contributed by atoms with Crippen LogP contribution in [0.4, 0.5) is 0 Å². The Hall–Kier alpha value is -2.09. The largest absolute Gasteiger partial charge is 0.494 e. The van der Waals surface area contributed by atoms with E-state index in [2.05, 4.69) is 0 Å². The monoisotopic (exact) mass is 268 g/mol. The predicted octanol–water partition coefficient (Wildman–Crippen LogP) is 3.92. The number of aldehydes is 1. The zero-order chi connectivity index (χ0) is 14.4. The van der Waals surface area contributed by atoms with E-state index in [4.69, 9.17) is 4.74 Å². The summed E-state index contributed by atoms with van der Waals surface area (Å²) in [6, 6.07) is 16.0. The van der Waals surface area contributed by atoms with Gasteiger partial charge in [-0.3, -0.25) is 0 Å². The first-order chi connectivity index (χ1) is 9.74. The summed E-state index contributed by atoms with van der Waals surface area (Å²) in [7, 11) is 0. The molecule has 20 heavy (non-hydrogen) atoms. The third-order valence-corrected chi connectivity index (χ3v) is 3.44. The standard InChI is InChI=1S/C18H20O2/c1-3-20-17-10-8-15(9-11-17)12-16(13-19)18-7-5-4-6-14(18)2/h4-11,13,16H,3,12H2,1-2H3. The second-order valence-electron chi connectivity index (χ2n) is 4.88. The molecule has 0 saturated heterocycles. The van der Waals surface area contributed by atoms with E-state index in [0.29, 0.717) is 6.61 Å². The highest BCUT2D eigenvalue weighted by Crippen LogP contribution is 2.23. The molecule has 2 aromatic carbocycles. The van der Waals surface area contributed by atoms with E-state index in [-0.39, 0.29) is 5.92 Å². The Morgan fingerprint density at radius 2 is 1.80 bits per heavy atom. The zero-order valence-corrected chi connectivity index (χ0v) is 12.0. The van der Waals surface area contributed by atoms with Gasteiger partial charge in [-0.25, -0.2) is 0 Å². The van der Waals surface area contributed by atoms with Crippen LogP contribution in [-0.2, 0) is 11.2 Å². The highest BCUT2D eigenvalue weighted by Gasteiger charge is 2.13. The highest BCUT2D eigenvalue weighted by atomic mass is 16.5. The number of ether oxygens (including phenoxy) is 1. The smallest absolute Gasteiger partial charge is 0.127 e. The van der Waals surface area contributed by atoms with Gasteiger partial charge in [0.25, 0.3) is 0 Å². The fourth-order valence-corrected chi connectivity index (χ4v) is 2.38. The van der Waals surface area contributed by atoms with Crippen molar-refractivity contribution in [1.82, 2.24) is 0 Å². The first-order valence-corrected chi connectivity index (χ1v) is 6.97. The molecule has 2 heteroatoms. The van der Waals surface area contributed by atoms with E-state index in [9.17, 15) is 4.79 Å². The van der Waals surface area contributed by atoms with E-state index < -0.39 is 0 Å². The summed E-state index contributed by atoms with van der Waals surface area (Å²) in [5, 5.41) is 0. The van der Waals surface area contributed by atoms with Crippen molar-refractivity contribution in [2.24, 2.45) is 0 Å². The summed E-state index contributed by atoms with van der Waals surface area (Å²) in [5.74, 6) is 0.781. The van der Waals surface area contributed by atoms with Crippen molar-refractivity contribution >= 4 is 6.29 Å². The Morgan fingerprint density at radius 1 is 1.10 bits per heavy atom. The Bertz CT molecular complexity index is 558. The second-order valence-corrected chi connectivity index (χ2v) is 4.88. The van der Waals surface area contributed by atoms with E-state index in [1.165, 1.54) is 0 Å². The van der Waals surface area contributed by atoms with Gasteiger partial charge in [0.05, 0.1) is 6.61 Å². The van der Waals surface area contributed by atoms with Crippen LogP contribution in [0.1, 0.15) is 29.5 Å². The summed E-state index contributed by atoms with van der Waals surface area (Å²) in [6.45, 7) is 4.68. The molecule has 0 aromatic heterocycles. The van der Waals surface area contributed by atoms with Gasteiger partial charge >= 0.3 is 0 Å². The molecule has 0 aliphatic carbocycles. The summed E-state index contributed by atoms with van der Waals surface area (Å²) in [6.07, 6.45) is 1.76. The van der Waals surface area contributed by atoms with Gasteiger partial charge in [0.1, 0.15) is 12.0 Å². The third-order valence-electron chi connectivity index (χ3n) is 3.44. The number of rotatable bonds is 6. The van der Waals surface area contributed by atoms with Crippen molar-refractivity contribution in [1.29, 1.82) is 0 Å². The molecule has 0 aliphatic heterocycles. The number of hydrogen-bond acceptors (Lipinski definition) is 2. The number of benzene rings is 2. The van der Waals surface area contributed by atoms with Gasteiger partial charge < -0.3 is 9.53 Å². The number of carbonyl (C=O) groups excluding carboxylic acids is 1. The molecule has 1 unspecified atom stereocenters. The maximum Gasteiger partial charge on any atom is 0.127 e. The molecular weight excluding hydrogens is 248 g/mol. The maximum absolute atomic E-state index is 11.4. The molecule has 0 saturated carbocycles. The van der Waals surface area contributed by atoms with Crippen LogP contribution in [0.5, 0.6) is 5.75 Å². The molecule has 0 spiro atoms. The highest BCUT2D eigenvalue weighted by molar-refractivity contribution is 5.64. The van der Waals surface area contributed by atoms with Gasteiger partial charge in [0, 0.05) is 5.92 Å². The second kappa shape index (κ2) is 6.90. The molecule has 1 atom stereocenters. The van der Waals surface area contributed by atoms with Gasteiger partial charge in [-0.1, -0.05) is 36.4 Å². The van der Waals surface area contributed by atoms with Crippen LogP contribution in [0.2, 0.25) is 0 Å². The number of carbonyl (C=O) groups is 1. The van der Waals surface area contributed by atoms with Crippen LogP contribution in [0.25, 0.3) is 0 Å². The van der Waals surface area contributed by atoms with Crippen molar-refractivity contribution in [3.05, 3.63) is 65.2 Å². The third kappa shape index (κ3) is 3.47. The minimum atomic E-state index is -0.0888. The first kappa shape index (κ1) is 14.3. The fraction of sp³-hybridized carbons (Fsp3) is 0.278. The molecule has 0 radical (unpaired) electrons. The summed E-state index contributed by atoms with van der Waals surface area (Å²) in [4.78, 5) is 11.4. The molecule has 2 rings (SSSR count). The van der Waals surface area contributed by atoms with Crippen LogP contribution in [0.3, 0.4) is 0 Å². The quantitative estimate of drug-likeness (QED) is 0.742. The molecule has 0 N–H and O–H groups in total.